The molecule has 0 spiro atoms. The molecule has 0 radical (unpaired) electrons. The zero-order valence-electron chi connectivity index (χ0n) is 7.69. The largest absolute Gasteiger partial charge is 0.411 e. The fraction of sp³-hybridized carbons (Fsp3) is 0.545. The number of oxime groups is 1. The van der Waals surface area contributed by atoms with E-state index in [1.54, 1.807) is 6.21 Å². The van der Waals surface area contributed by atoms with Crippen LogP contribution in [0.2, 0.25) is 0 Å². The first-order valence-electron chi connectivity index (χ1n) is 4.96. The normalized spacial score (nSPS) is 33.1. The van der Waals surface area contributed by atoms with E-state index in [0.29, 0.717) is 11.8 Å². The number of nitrogens with zero attached hydrogens (tertiary/aromatic N) is 1. The topological polar surface area (TPSA) is 32.6 Å². The molecular weight excluding hydrogens is 162 g/mol. The zero-order valence-corrected chi connectivity index (χ0v) is 7.69. The van der Waals surface area contributed by atoms with Crippen LogP contribution >= 0.6 is 0 Å². The third-order valence-corrected chi connectivity index (χ3v) is 3.06. The molecule has 2 heteroatoms. The van der Waals surface area contributed by atoms with E-state index >= 15 is 0 Å². The Bertz CT molecular complexity index is 265. The molecule has 2 atom stereocenters. The molecule has 2 unspecified atom stereocenters. The van der Waals surface area contributed by atoms with E-state index in [0.717, 1.165) is 6.42 Å². The van der Waals surface area contributed by atoms with E-state index in [1.165, 1.54) is 24.8 Å². The van der Waals surface area contributed by atoms with Crippen molar-refractivity contribution in [3.8, 4) is 0 Å². The highest BCUT2D eigenvalue weighted by molar-refractivity contribution is 5.65. The quantitative estimate of drug-likeness (QED) is 0.373. The van der Waals surface area contributed by atoms with Crippen LogP contribution in [0.5, 0.6) is 0 Å². The van der Waals surface area contributed by atoms with Gasteiger partial charge in [0.25, 0.3) is 0 Å². The van der Waals surface area contributed by atoms with E-state index in [-0.39, 0.29) is 0 Å². The van der Waals surface area contributed by atoms with E-state index < -0.39 is 0 Å². The molecule has 0 saturated heterocycles. The molecule has 0 aromatic rings. The Morgan fingerprint density at radius 1 is 1.46 bits per heavy atom. The average Bonchev–Trinajstić information content (AvgIpc) is 2.19. The number of allylic oxidation sites excluding steroid dienone is 4. The Morgan fingerprint density at radius 3 is 3.23 bits per heavy atom. The van der Waals surface area contributed by atoms with E-state index in [1.807, 2.05) is 0 Å². The van der Waals surface area contributed by atoms with Gasteiger partial charge < -0.3 is 5.21 Å². The highest BCUT2D eigenvalue weighted by atomic mass is 16.4. The fourth-order valence-electron chi connectivity index (χ4n) is 2.40. The Kier molecular flexibility index (Phi) is 2.48. The summed E-state index contributed by atoms with van der Waals surface area (Å²) in [6, 6.07) is 0. The van der Waals surface area contributed by atoms with Crippen molar-refractivity contribution >= 4 is 6.21 Å². The summed E-state index contributed by atoms with van der Waals surface area (Å²) in [6.45, 7) is 0. The SMILES string of the molecule is ON=CC1CCCC2CC=CC=C12. The molecule has 2 nitrogen and oxygen atoms in total. The van der Waals surface area contributed by atoms with Crippen molar-refractivity contribution in [2.45, 2.75) is 25.7 Å². The molecule has 1 N–H and O–H groups in total. The van der Waals surface area contributed by atoms with Crippen molar-refractivity contribution in [1.82, 2.24) is 0 Å². The summed E-state index contributed by atoms with van der Waals surface area (Å²) >= 11 is 0. The number of hydrogen-bond acceptors (Lipinski definition) is 2. The smallest absolute Gasteiger partial charge is 0.0507 e. The maximum absolute atomic E-state index is 8.53. The predicted molar refractivity (Wildman–Crippen MR) is 52.9 cm³/mol. The summed E-state index contributed by atoms with van der Waals surface area (Å²) in [5.74, 6) is 1.09. The zero-order chi connectivity index (χ0) is 9.10. The molecule has 2 rings (SSSR count). The van der Waals surface area contributed by atoms with Crippen LogP contribution < -0.4 is 0 Å². The summed E-state index contributed by atoms with van der Waals surface area (Å²) in [5, 5.41) is 11.7. The Labute approximate surface area is 78.6 Å². The molecule has 0 aromatic carbocycles. The van der Waals surface area contributed by atoms with Gasteiger partial charge in [-0.15, -0.1) is 5.16 Å². The standard InChI is InChI=1S/C11H15NO/c13-12-8-10-6-3-5-9-4-1-2-7-11(9)10/h1-2,7-10,13H,3-6H2. The average molecular weight is 177 g/mol. The lowest BCUT2D eigenvalue weighted by molar-refractivity contribution is 0.315. The summed E-state index contributed by atoms with van der Waals surface area (Å²) in [5.41, 5.74) is 1.46. The molecular formula is C11H15NO. The molecule has 0 bridgehead atoms. The molecule has 0 heterocycles. The minimum Gasteiger partial charge on any atom is -0.411 e. The number of rotatable bonds is 1. The number of fused-ring (bicyclic) bond motifs is 1. The van der Waals surface area contributed by atoms with E-state index in [2.05, 4.69) is 23.4 Å². The fourth-order valence-corrected chi connectivity index (χ4v) is 2.40. The highest BCUT2D eigenvalue weighted by Crippen LogP contribution is 2.37. The molecule has 0 aromatic heterocycles. The van der Waals surface area contributed by atoms with Crippen LogP contribution in [0.1, 0.15) is 25.7 Å². The maximum Gasteiger partial charge on any atom is 0.0507 e. The van der Waals surface area contributed by atoms with Crippen LogP contribution in [0.15, 0.2) is 29.0 Å². The predicted octanol–water partition coefficient (Wildman–Crippen LogP) is 2.75. The molecule has 1 fully saturated rings. The van der Waals surface area contributed by atoms with Gasteiger partial charge in [0.2, 0.25) is 0 Å². The third-order valence-electron chi connectivity index (χ3n) is 3.06. The monoisotopic (exact) mass is 177 g/mol. The Morgan fingerprint density at radius 2 is 2.38 bits per heavy atom. The van der Waals surface area contributed by atoms with Gasteiger partial charge in [0.05, 0.1) is 6.21 Å². The number of hydrogen-bond donors (Lipinski definition) is 1. The van der Waals surface area contributed by atoms with Gasteiger partial charge in [-0.1, -0.05) is 30.2 Å². The van der Waals surface area contributed by atoms with E-state index in [9.17, 15) is 0 Å². The Hall–Kier alpha value is -1.05. The lowest BCUT2D eigenvalue weighted by atomic mass is 9.74. The van der Waals surface area contributed by atoms with Gasteiger partial charge in [-0.3, -0.25) is 0 Å². The first-order valence-corrected chi connectivity index (χ1v) is 4.96. The second-order valence-corrected chi connectivity index (χ2v) is 3.83. The minimum absolute atomic E-state index is 0.383. The van der Waals surface area contributed by atoms with Crippen LogP contribution in [0.3, 0.4) is 0 Å². The Balaban J connectivity index is 2.19. The minimum atomic E-state index is 0.383. The summed E-state index contributed by atoms with van der Waals surface area (Å²) < 4.78 is 0. The summed E-state index contributed by atoms with van der Waals surface area (Å²) in [4.78, 5) is 0. The lowest BCUT2D eigenvalue weighted by Gasteiger charge is -2.31. The van der Waals surface area contributed by atoms with Crippen LogP contribution in [0.25, 0.3) is 0 Å². The molecule has 2 aliphatic carbocycles. The van der Waals surface area contributed by atoms with Gasteiger partial charge >= 0.3 is 0 Å². The molecule has 1 saturated carbocycles. The van der Waals surface area contributed by atoms with Crippen LogP contribution in [0, 0.1) is 11.8 Å². The third kappa shape index (κ3) is 1.67. The van der Waals surface area contributed by atoms with Gasteiger partial charge in [-0.2, -0.15) is 0 Å². The van der Waals surface area contributed by atoms with Crippen molar-refractivity contribution < 1.29 is 5.21 Å². The van der Waals surface area contributed by atoms with Crippen molar-refractivity contribution in [3.63, 3.8) is 0 Å². The van der Waals surface area contributed by atoms with Crippen molar-refractivity contribution in [1.29, 1.82) is 0 Å². The van der Waals surface area contributed by atoms with Gasteiger partial charge in [-0.25, -0.2) is 0 Å². The second kappa shape index (κ2) is 3.77. The van der Waals surface area contributed by atoms with Crippen molar-refractivity contribution in [3.05, 3.63) is 23.8 Å². The highest BCUT2D eigenvalue weighted by Gasteiger charge is 2.26. The second-order valence-electron chi connectivity index (χ2n) is 3.83. The molecule has 13 heavy (non-hydrogen) atoms. The lowest BCUT2D eigenvalue weighted by Crippen LogP contribution is -2.21. The van der Waals surface area contributed by atoms with Crippen LogP contribution in [-0.2, 0) is 0 Å². The van der Waals surface area contributed by atoms with Crippen molar-refractivity contribution in [2.75, 3.05) is 0 Å². The van der Waals surface area contributed by atoms with Crippen LogP contribution in [-0.4, -0.2) is 11.4 Å². The van der Waals surface area contributed by atoms with E-state index in [4.69, 9.17) is 5.21 Å². The van der Waals surface area contributed by atoms with Gasteiger partial charge in [-0.05, 0) is 25.2 Å². The first-order chi connectivity index (χ1) is 6.42. The van der Waals surface area contributed by atoms with Crippen molar-refractivity contribution in [2.24, 2.45) is 17.0 Å². The van der Waals surface area contributed by atoms with Gasteiger partial charge in [0, 0.05) is 5.92 Å². The van der Waals surface area contributed by atoms with Gasteiger partial charge in [0.1, 0.15) is 0 Å². The first kappa shape index (κ1) is 8.54. The summed E-state index contributed by atoms with van der Waals surface area (Å²) in [7, 11) is 0. The molecule has 70 valence electrons. The van der Waals surface area contributed by atoms with Crippen LogP contribution in [0.4, 0.5) is 0 Å². The summed E-state index contributed by atoms with van der Waals surface area (Å²) in [6.07, 6.45) is 13.1. The maximum atomic E-state index is 8.53. The molecule has 2 aliphatic rings. The molecule has 0 aliphatic heterocycles. The van der Waals surface area contributed by atoms with Gasteiger partial charge in [0.15, 0.2) is 0 Å². The molecule has 0 amide bonds.